The third kappa shape index (κ3) is 4.04. The van der Waals surface area contributed by atoms with Crippen molar-refractivity contribution in [1.29, 1.82) is 0 Å². The Kier molecular flexibility index (Phi) is 5.76. The van der Waals surface area contributed by atoms with Crippen molar-refractivity contribution in [3.63, 3.8) is 0 Å². The van der Waals surface area contributed by atoms with Crippen LogP contribution in [0, 0.1) is 13.8 Å². The van der Waals surface area contributed by atoms with Crippen LogP contribution in [0.25, 0.3) is 5.78 Å². The minimum atomic E-state index is 0.0612. The molecule has 0 bridgehead atoms. The Morgan fingerprint density at radius 3 is 2.70 bits per heavy atom. The molecule has 0 radical (unpaired) electrons. The van der Waals surface area contributed by atoms with Crippen molar-refractivity contribution in [2.75, 3.05) is 12.0 Å². The van der Waals surface area contributed by atoms with Gasteiger partial charge >= 0.3 is 0 Å². The second-order valence-corrected chi connectivity index (χ2v) is 8.02. The Hall–Kier alpha value is -3.26. The van der Waals surface area contributed by atoms with Gasteiger partial charge in [-0.3, -0.25) is 4.79 Å². The number of fused-ring (bicyclic) bond motifs is 1. The molecule has 0 aliphatic heterocycles. The predicted octanol–water partition coefficient (Wildman–Crippen LogP) is 3.98. The van der Waals surface area contributed by atoms with Crippen LogP contribution in [0.4, 0.5) is 5.69 Å². The van der Waals surface area contributed by atoms with Crippen molar-refractivity contribution in [2.24, 2.45) is 0 Å². The second-order valence-electron chi connectivity index (χ2n) is 6.99. The predicted molar refractivity (Wildman–Crippen MR) is 117 cm³/mol. The summed E-state index contributed by atoms with van der Waals surface area (Å²) in [6.07, 6.45) is 2.47. The van der Waals surface area contributed by atoms with E-state index in [9.17, 15) is 4.79 Å². The summed E-state index contributed by atoms with van der Waals surface area (Å²) >= 11 is 1.65. The normalized spacial score (nSPS) is 11.0. The summed E-state index contributed by atoms with van der Waals surface area (Å²) in [7, 11) is 1.63. The van der Waals surface area contributed by atoms with Gasteiger partial charge in [0.05, 0.1) is 13.7 Å². The van der Waals surface area contributed by atoms with Gasteiger partial charge in [0.15, 0.2) is 0 Å². The summed E-state index contributed by atoms with van der Waals surface area (Å²) in [6, 6.07) is 11.6. The summed E-state index contributed by atoms with van der Waals surface area (Å²) in [6.45, 7) is 4.48. The Morgan fingerprint density at radius 2 is 2.00 bits per heavy atom. The summed E-state index contributed by atoms with van der Waals surface area (Å²) < 4.78 is 6.98. The van der Waals surface area contributed by atoms with Crippen LogP contribution in [0.2, 0.25) is 0 Å². The first-order chi connectivity index (χ1) is 14.6. The molecule has 4 aromatic rings. The minimum Gasteiger partial charge on any atom is -0.497 e. The SMILES string of the molecule is COc1ccc(N(Cc2cccs2)C(=O)CCc2c(C)nc3ncnn3c2C)cc1. The molecule has 4 rings (SSSR count). The van der Waals surface area contributed by atoms with E-state index in [0.717, 1.165) is 33.3 Å². The lowest BCUT2D eigenvalue weighted by molar-refractivity contribution is -0.118. The molecule has 0 saturated carbocycles. The summed E-state index contributed by atoms with van der Waals surface area (Å²) in [4.78, 5) is 24.9. The fourth-order valence-corrected chi connectivity index (χ4v) is 4.22. The van der Waals surface area contributed by atoms with E-state index in [4.69, 9.17) is 4.74 Å². The van der Waals surface area contributed by atoms with Gasteiger partial charge in [0.1, 0.15) is 12.1 Å². The fraction of sp³-hybridized carbons (Fsp3) is 0.273. The zero-order chi connectivity index (χ0) is 21.1. The lowest BCUT2D eigenvalue weighted by Gasteiger charge is -2.23. The van der Waals surface area contributed by atoms with Gasteiger partial charge in [-0.2, -0.15) is 10.1 Å². The average Bonchev–Trinajstić information content (AvgIpc) is 3.43. The van der Waals surface area contributed by atoms with Crippen molar-refractivity contribution in [3.8, 4) is 5.75 Å². The van der Waals surface area contributed by atoms with Crippen LogP contribution in [0.1, 0.15) is 28.2 Å². The largest absolute Gasteiger partial charge is 0.497 e. The zero-order valence-electron chi connectivity index (χ0n) is 17.2. The number of rotatable bonds is 7. The lowest BCUT2D eigenvalue weighted by atomic mass is 10.1. The van der Waals surface area contributed by atoms with Gasteiger partial charge < -0.3 is 9.64 Å². The van der Waals surface area contributed by atoms with Gasteiger partial charge in [-0.15, -0.1) is 11.3 Å². The molecule has 8 heteroatoms. The molecule has 0 unspecified atom stereocenters. The molecule has 0 atom stereocenters. The van der Waals surface area contributed by atoms with E-state index < -0.39 is 0 Å². The molecule has 0 N–H and O–H groups in total. The van der Waals surface area contributed by atoms with E-state index >= 15 is 0 Å². The highest BCUT2D eigenvalue weighted by atomic mass is 32.1. The molecule has 3 aromatic heterocycles. The number of ether oxygens (including phenoxy) is 1. The summed E-state index contributed by atoms with van der Waals surface area (Å²) in [5.74, 6) is 1.41. The number of methoxy groups -OCH3 is 1. The number of aromatic nitrogens is 4. The third-order valence-corrected chi connectivity index (χ3v) is 6.02. The van der Waals surface area contributed by atoms with Crippen LogP contribution in [-0.2, 0) is 17.8 Å². The van der Waals surface area contributed by atoms with E-state index in [0.29, 0.717) is 25.2 Å². The molecule has 0 spiro atoms. The number of anilines is 1. The average molecular weight is 422 g/mol. The van der Waals surface area contributed by atoms with Crippen molar-refractivity contribution in [2.45, 2.75) is 33.2 Å². The number of amides is 1. The van der Waals surface area contributed by atoms with Crippen LogP contribution in [0.5, 0.6) is 5.75 Å². The lowest BCUT2D eigenvalue weighted by Crippen LogP contribution is -2.30. The third-order valence-electron chi connectivity index (χ3n) is 5.16. The summed E-state index contributed by atoms with van der Waals surface area (Å²) in [5.41, 5.74) is 3.74. The maximum atomic E-state index is 13.3. The number of benzene rings is 1. The van der Waals surface area contributed by atoms with Gasteiger partial charge in [0.2, 0.25) is 5.91 Å². The molecular formula is C22H23N5O2S. The van der Waals surface area contributed by atoms with Crippen molar-refractivity contribution in [1.82, 2.24) is 19.6 Å². The zero-order valence-corrected chi connectivity index (χ0v) is 18.0. The van der Waals surface area contributed by atoms with Crippen LogP contribution in [0.15, 0.2) is 48.1 Å². The van der Waals surface area contributed by atoms with E-state index in [1.165, 1.54) is 6.33 Å². The van der Waals surface area contributed by atoms with E-state index in [1.54, 1.807) is 23.0 Å². The molecule has 1 aromatic carbocycles. The van der Waals surface area contributed by atoms with Crippen molar-refractivity contribution >= 4 is 28.7 Å². The van der Waals surface area contributed by atoms with Gasteiger partial charge in [-0.05, 0) is 61.5 Å². The van der Waals surface area contributed by atoms with Gasteiger partial charge in [-0.25, -0.2) is 9.50 Å². The topological polar surface area (TPSA) is 72.6 Å². The van der Waals surface area contributed by atoms with Crippen LogP contribution >= 0.6 is 11.3 Å². The molecule has 0 aliphatic rings. The number of carbonyl (C=O) groups excluding carboxylic acids is 1. The molecule has 1 amide bonds. The van der Waals surface area contributed by atoms with Crippen LogP contribution < -0.4 is 9.64 Å². The number of thiophene rings is 1. The molecule has 0 aliphatic carbocycles. The number of hydrogen-bond donors (Lipinski definition) is 0. The Labute approximate surface area is 179 Å². The highest BCUT2D eigenvalue weighted by molar-refractivity contribution is 7.09. The van der Waals surface area contributed by atoms with E-state index in [2.05, 4.69) is 15.1 Å². The van der Waals surface area contributed by atoms with Crippen LogP contribution in [-0.4, -0.2) is 32.6 Å². The minimum absolute atomic E-state index is 0.0612. The first-order valence-corrected chi connectivity index (χ1v) is 10.6. The first kappa shape index (κ1) is 20.0. The summed E-state index contributed by atoms with van der Waals surface area (Å²) in [5, 5.41) is 6.26. The number of nitrogens with zero attached hydrogens (tertiary/aromatic N) is 5. The Morgan fingerprint density at radius 1 is 1.20 bits per heavy atom. The molecule has 30 heavy (non-hydrogen) atoms. The first-order valence-electron chi connectivity index (χ1n) is 9.69. The van der Waals surface area contributed by atoms with Crippen molar-refractivity contribution < 1.29 is 9.53 Å². The van der Waals surface area contributed by atoms with Gasteiger partial charge in [0, 0.05) is 28.4 Å². The second kappa shape index (κ2) is 8.62. The quantitative estimate of drug-likeness (QED) is 0.451. The number of aryl methyl sites for hydroxylation is 2. The maximum absolute atomic E-state index is 13.3. The molecular weight excluding hydrogens is 398 g/mol. The highest BCUT2D eigenvalue weighted by Crippen LogP contribution is 2.24. The molecule has 0 saturated heterocycles. The molecule has 154 valence electrons. The smallest absolute Gasteiger partial charge is 0.252 e. The maximum Gasteiger partial charge on any atom is 0.252 e. The standard InChI is InChI=1S/C22H23N5O2S/c1-15-20(16(2)27-22(25-15)23-14-24-27)10-11-21(28)26(13-19-5-4-12-30-19)17-6-8-18(29-3)9-7-17/h4-9,12,14H,10-11,13H2,1-3H3. The van der Waals surface area contributed by atoms with Crippen LogP contribution in [0.3, 0.4) is 0 Å². The van der Waals surface area contributed by atoms with Crippen molar-refractivity contribution in [3.05, 3.63) is 69.9 Å². The molecule has 7 nitrogen and oxygen atoms in total. The van der Waals surface area contributed by atoms with E-state index in [1.807, 2.05) is 60.5 Å². The highest BCUT2D eigenvalue weighted by Gasteiger charge is 2.19. The van der Waals surface area contributed by atoms with Gasteiger partial charge in [-0.1, -0.05) is 6.07 Å². The Balaban J connectivity index is 1.57. The molecule has 0 fully saturated rings. The monoisotopic (exact) mass is 421 g/mol. The Bertz CT molecular complexity index is 1150. The van der Waals surface area contributed by atoms with Gasteiger partial charge in [0.25, 0.3) is 5.78 Å². The number of carbonyl (C=O) groups is 1. The number of hydrogen-bond acceptors (Lipinski definition) is 6. The van der Waals surface area contributed by atoms with E-state index in [-0.39, 0.29) is 5.91 Å². The fourth-order valence-electron chi connectivity index (χ4n) is 3.53. The molecule has 3 heterocycles.